The number of nitrogens with zero attached hydrogens (tertiary/aromatic N) is 2. The molecule has 1 N–H and O–H groups in total. The van der Waals surface area contributed by atoms with Gasteiger partial charge in [-0.1, -0.05) is 12.1 Å². The fraction of sp³-hybridized carbons (Fsp3) is 0.440. The van der Waals surface area contributed by atoms with Gasteiger partial charge in [-0.05, 0) is 56.2 Å². The molecule has 0 saturated carbocycles. The first-order chi connectivity index (χ1) is 16.9. The topological polar surface area (TPSA) is 105 Å². The number of carbonyl (C=O) groups excluding carboxylic acids is 2. The lowest BCUT2D eigenvalue weighted by molar-refractivity contribution is -0.168. The van der Waals surface area contributed by atoms with Crippen molar-refractivity contribution >= 4 is 27.6 Å². The molecule has 36 heavy (non-hydrogen) atoms. The van der Waals surface area contributed by atoms with Crippen molar-refractivity contribution < 1.29 is 31.9 Å². The number of sulfonamides is 1. The van der Waals surface area contributed by atoms with Crippen LogP contribution in [0.2, 0.25) is 0 Å². The van der Waals surface area contributed by atoms with Gasteiger partial charge in [-0.2, -0.15) is 0 Å². The summed E-state index contributed by atoms with van der Waals surface area (Å²) in [5.41, 5.74) is 0.156. The van der Waals surface area contributed by atoms with Crippen LogP contribution in [0.4, 0.5) is 10.1 Å². The Morgan fingerprint density at radius 1 is 1.06 bits per heavy atom. The molecule has 0 atom stereocenters. The third kappa shape index (κ3) is 6.73. The predicted molar refractivity (Wildman–Crippen MR) is 133 cm³/mol. The van der Waals surface area contributed by atoms with E-state index in [0.29, 0.717) is 44.0 Å². The zero-order valence-electron chi connectivity index (χ0n) is 20.9. The second-order valence-corrected chi connectivity index (χ2v) is 10.8. The first-order valence-electron chi connectivity index (χ1n) is 11.6. The number of anilines is 1. The Morgan fingerprint density at radius 2 is 1.69 bits per heavy atom. The third-order valence-corrected chi connectivity index (χ3v) is 7.36. The summed E-state index contributed by atoms with van der Waals surface area (Å²) < 4.78 is 52.1. The Balaban J connectivity index is 1.68. The molecule has 0 aromatic heterocycles. The molecule has 9 nitrogen and oxygen atoms in total. The molecule has 0 bridgehead atoms. The van der Waals surface area contributed by atoms with Crippen molar-refractivity contribution in [2.24, 2.45) is 0 Å². The minimum atomic E-state index is -3.80. The molecule has 1 amide bonds. The molecular weight excluding hydrogens is 489 g/mol. The lowest BCUT2D eigenvalue weighted by atomic mass is 10.1. The fourth-order valence-electron chi connectivity index (χ4n) is 4.08. The average molecular weight is 522 g/mol. The monoisotopic (exact) mass is 521 g/mol. The molecule has 0 radical (unpaired) electrons. The summed E-state index contributed by atoms with van der Waals surface area (Å²) >= 11 is 0. The third-order valence-electron chi connectivity index (χ3n) is 5.90. The van der Waals surface area contributed by atoms with E-state index >= 15 is 0 Å². The number of hydrogen-bond acceptors (Lipinski definition) is 7. The van der Waals surface area contributed by atoms with Crippen LogP contribution in [0.1, 0.15) is 26.3 Å². The number of benzene rings is 2. The van der Waals surface area contributed by atoms with Crippen LogP contribution in [0.15, 0.2) is 47.4 Å². The van der Waals surface area contributed by atoms with Crippen LogP contribution < -0.4 is 14.4 Å². The summed E-state index contributed by atoms with van der Waals surface area (Å²) in [7, 11) is -2.29. The van der Waals surface area contributed by atoms with Gasteiger partial charge in [-0.15, -0.1) is 0 Å². The minimum Gasteiger partial charge on any atom is -0.495 e. The Labute approximate surface area is 211 Å². The van der Waals surface area contributed by atoms with Gasteiger partial charge in [0.25, 0.3) is 5.91 Å². The Hall–Kier alpha value is -3.18. The van der Waals surface area contributed by atoms with E-state index in [0.717, 1.165) is 5.56 Å². The van der Waals surface area contributed by atoms with Gasteiger partial charge in [-0.25, -0.2) is 17.5 Å². The number of piperazine rings is 1. The maximum atomic E-state index is 13.1. The highest BCUT2D eigenvalue weighted by molar-refractivity contribution is 7.89. The van der Waals surface area contributed by atoms with Crippen LogP contribution in [0.25, 0.3) is 0 Å². The molecule has 1 heterocycles. The minimum absolute atomic E-state index is 0.0897. The Bertz CT molecular complexity index is 1190. The Morgan fingerprint density at radius 3 is 2.28 bits per heavy atom. The zero-order chi connectivity index (χ0) is 26.5. The second kappa shape index (κ2) is 11.3. The summed E-state index contributed by atoms with van der Waals surface area (Å²) in [6.45, 7) is 6.18. The summed E-state index contributed by atoms with van der Waals surface area (Å²) in [6, 6.07) is 10.5. The fourth-order valence-corrected chi connectivity index (χ4v) is 5.13. The van der Waals surface area contributed by atoms with E-state index in [9.17, 15) is 22.4 Å². The predicted octanol–water partition coefficient (Wildman–Crippen LogP) is 2.35. The summed E-state index contributed by atoms with van der Waals surface area (Å²) in [5.74, 6) is -0.643. The zero-order valence-corrected chi connectivity index (χ0v) is 21.7. The van der Waals surface area contributed by atoms with E-state index in [4.69, 9.17) is 9.47 Å². The number of nitrogens with one attached hydrogen (secondary N) is 1. The smallest absolute Gasteiger partial charge is 0.303 e. The van der Waals surface area contributed by atoms with Crippen molar-refractivity contribution in [2.75, 3.05) is 44.7 Å². The standard InChI is InChI=1S/C25H32FN3O6S/c1-18(30)35-25(2,3)24(31)29-15-13-28(14-16-29)22-17-21(9-10-23(22)34-4)36(32,33)27-12-11-19-5-7-20(26)8-6-19/h5-10,17,27H,11-16H2,1-4H3. The second-order valence-electron chi connectivity index (χ2n) is 8.99. The van der Waals surface area contributed by atoms with Gasteiger partial charge in [0, 0.05) is 39.6 Å². The molecule has 0 spiro atoms. The van der Waals surface area contributed by atoms with Crippen molar-refractivity contribution in [3.63, 3.8) is 0 Å². The maximum absolute atomic E-state index is 13.1. The maximum Gasteiger partial charge on any atom is 0.303 e. The first kappa shape index (κ1) is 27.4. The molecule has 0 unspecified atom stereocenters. The number of amides is 1. The number of halogens is 1. The molecule has 1 saturated heterocycles. The molecule has 11 heteroatoms. The summed E-state index contributed by atoms with van der Waals surface area (Å²) in [5, 5.41) is 0. The molecule has 196 valence electrons. The Kier molecular flexibility index (Phi) is 8.57. The van der Waals surface area contributed by atoms with Crippen LogP contribution in [-0.4, -0.2) is 70.6 Å². The number of carbonyl (C=O) groups is 2. The van der Waals surface area contributed by atoms with E-state index in [1.807, 2.05) is 4.90 Å². The van der Waals surface area contributed by atoms with Crippen LogP contribution in [0.3, 0.4) is 0 Å². The van der Waals surface area contributed by atoms with Crippen LogP contribution in [0.5, 0.6) is 5.75 Å². The van der Waals surface area contributed by atoms with Gasteiger partial charge in [-0.3, -0.25) is 9.59 Å². The van der Waals surface area contributed by atoms with Gasteiger partial charge in [0.1, 0.15) is 11.6 Å². The highest BCUT2D eigenvalue weighted by Crippen LogP contribution is 2.32. The molecular formula is C25H32FN3O6S. The molecule has 3 rings (SSSR count). The number of esters is 1. The van der Waals surface area contributed by atoms with E-state index in [-0.39, 0.29) is 23.2 Å². The number of ether oxygens (including phenoxy) is 2. The van der Waals surface area contributed by atoms with E-state index in [1.165, 1.54) is 32.2 Å². The van der Waals surface area contributed by atoms with Crippen molar-refractivity contribution in [3.05, 3.63) is 53.8 Å². The normalized spacial score (nSPS) is 14.5. The van der Waals surface area contributed by atoms with Crippen molar-refractivity contribution in [1.82, 2.24) is 9.62 Å². The highest BCUT2D eigenvalue weighted by Gasteiger charge is 2.36. The summed E-state index contributed by atoms with van der Waals surface area (Å²) in [4.78, 5) is 27.8. The molecule has 2 aromatic rings. The lowest BCUT2D eigenvalue weighted by Crippen LogP contribution is -2.55. The molecule has 1 aliphatic rings. The van der Waals surface area contributed by atoms with E-state index in [1.54, 1.807) is 43.0 Å². The lowest BCUT2D eigenvalue weighted by Gasteiger charge is -2.39. The van der Waals surface area contributed by atoms with Gasteiger partial charge >= 0.3 is 5.97 Å². The van der Waals surface area contributed by atoms with Crippen LogP contribution >= 0.6 is 0 Å². The number of hydrogen-bond donors (Lipinski definition) is 1. The molecule has 1 fully saturated rings. The average Bonchev–Trinajstić information content (AvgIpc) is 2.83. The van der Waals surface area contributed by atoms with Gasteiger partial charge in [0.15, 0.2) is 5.60 Å². The largest absolute Gasteiger partial charge is 0.495 e. The quantitative estimate of drug-likeness (QED) is 0.505. The van der Waals surface area contributed by atoms with E-state index in [2.05, 4.69) is 4.72 Å². The SMILES string of the molecule is COc1ccc(S(=O)(=O)NCCc2ccc(F)cc2)cc1N1CCN(C(=O)C(C)(C)OC(C)=O)CC1. The summed E-state index contributed by atoms with van der Waals surface area (Å²) in [6.07, 6.45) is 0.419. The van der Waals surface area contributed by atoms with Crippen LogP contribution in [-0.2, 0) is 30.8 Å². The van der Waals surface area contributed by atoms with Crippen molar-refractivity contribution in [2.45, 2.75) is 37.7 Å². The molecule has 1 aliphatic heterocycles. The van der Waals surface area contributed by atoms with Gasteiger partial charge in [0.05, 0.1) is 17.7 Å². The molecule has 2 aromatic carbocycles. The number of rotatable bonds is 9. The van der Waals surface area contributed by atoms with Gasteiger partial charge < -0.3 is 19.3 Å². The van der Waals surface area contributed by atoms with E-state index < -0.39 is 21.6 Å². The van der Waals surface area contributed by atoms with Crippen molar-refractivity contribution in [1.29, 1.82) is 0 Å². The van der Waals surface area contributed by atoms with Gasteiger partial charge in [0.2, 0.25) is 10.0 Å². The van der Waals surface area contributed by atoms with Crippen molar-refractivity contribution in [3.8, 4) is 5.75 Å². The highest BCUT2D eigenvalue weighted by atomic mass is 32.2. The first-order valence-corrected chi connectivity index (χ1v) is 13.1. The van der Waals surface area contributed by atoms with Crippen LogP contribution in [0, 0.1) is 5.82 Å². The molecule has 0 aliphatic carbocycles. The number of methoxy groups -OCH3 is 1.